The zero-order valence-corrected chi connectivity index (χ0v) is 15.1. The Hall–Kier alpha value is -2.48. The van der Waals surface area contributed by atoms with E-state index in [0.717, 1.165) is 75.4 Å². The van der Waals surface area contributed by atoms with E-state index in [2.05, 4.69) is 41.1 Å². The number of morpholine rings is 1. The average Bonchev–Trinajstić information content (AvgIpc) is 2.69. The number of hydrogen-bond donors (Lipinski definition) is 1. The van der Waals surface area contributed by atoms with Crippen LogP contribution in [0.25, 0.3) is 0 Å². The molecule has 4 heterocycles. The normalized spacial score (nSPS) is 20.9. The van der Waals surface area contributed by atoms with Gasteiger partial charge in [0.1, 0.15) is 23.8 Å². The molecule has 0 bridgehead atoms. The Kier molecular flexibility index (Phi) is 5.10. The molecule has 26 heavy (non-hydrogen) atoms. The van der Waals surface area contributed by atoms with Gasteiger partial charge in [0.25, 0.3) is 0 Å². The van der Waals surface area contributed by atoms with Crippen LogP contribution in [-0.2, 0) is 4.74 Å². The van der Waals surface area contributed by atoms with E-state index in [0.29, 0.717) is 6.04 Å². The molecule has 1 N–H and O–H groups in total. The first-order valence-electron chi connectivity index (χ1n) is 9.23. The van der Waals surface area contributed by atoms with Crippen LogP contribution < -0.4 is 15.1 Å². The highest BCUT2D eigenvalue weighted by Crippen LogP contribution is 2.23. The first-order chi connectivity index (χ1) is 12.8. The van der Waals surface area contributed by atoms with Crippen LogP contribution in [0, 0.1) is 6.92 Å². The predicted molar refractivity (Wildman–Crippen MR) is 101 cm³/mol. The Morgan fingerprint density at radius 3 is 2.69 bits per heavy atom. The van der Waals surface area contributed by atoms with Gasteiger partial charge in [-0.15, -0.1) is 0 Å². The van der Waals surface area contributed by atoms with Gasteiger partial charge in [0.2, 0.25) is 0 Å². The summed E-state index contributed by atoms with van der Waals surface area (Å²) in [5, 5.41) is 3.51. The van der Waals surface area contributed by atoms with Gasteiger partial charge in [0.15, 0.2) is 0 Å². The van der Waals surface area contributed by atoms with Crippen LogP contribution in [0.15, 0.2) is 24.8 Å². The van der Waals surface area contributed by atoms with Crippen molar-refractivity contribution in [1.29, 1.82) is 0 Å². The van der Waals surface area contributed by atoms with E-state index >= 15 is 0 Å². The molecule has 8 heteroatoms. The summed E-state index contributed by atoms with van der Waals surface area (Å²) in [7, 11) is 0. The molecule has 0 aliphatic carbocycles. The average molecular weight is 355 g/mol. The van der Waals surface area contributed by atoms with Crippen molar-refractivity contribution >= 4 is 17.5 Å². The second-order valence-electron chi connectivity index (χ2n) is 6.81. The van der Waals surface area contributed by atoms with Gasteiger partial charge in [0.05, 0.1) is 25.1 Å². The molecule has 1 atom stereocenters. The Bertz CT molecular complexity index is 735. The Morgan fingerprint density at radius 2 is 1.88 bits per heavy atom. The van der Waals surface area contributed by atoms with Gasteiger partial charge in [-0.1, -0.05) is 0 Å². The number of nitrogens with zero attached hydrogens (tertiary/aromatic N) is 6. The van der Waals surface area contributed by atoms with E-state index in [9.17, 15) is 0 Å². The smallest absolute Gasteiger partial charge is 0.145 e. The van der Waals surface area contributed by atoms with Gasteiger partial charge in [-0.3, -0.25) is 4.98 Å². The maximum Gasteiger partial charge on any atom is 0.145 e. The third-order valence-corrected chi connectivity index (χ3v) is 4.83. The van der Waals surface area contributed by atoms with Gasteiger partial charge in [-0.25, -0.2) is 15.0 Å². The van der Waals surface area contributed by atoms with Gasteiger partial charge in [-0.2, -0.15) is 0 Å². The molecule has 1 unspecified atom stereocenters. The van der Waals surface area contributed by atoms with Crippen LogP contribution in [0.2, 0.25) is 0 Å². The lowest BCUT2D eigenvalue weighted by molar-refractivity contribution is 0.122. The first-order valence-corrected chi connectivity index (χ1v) is 9.23. The van der Waals surface area contributed by atoms with Gasteiger partial charge in [-0.05, 0) is 19.8 Å². The van der Waals surface area contributed by atoms with Crippen LogP contribution in [-0.4, -0.2) is 65.4 Å². The van der Waals surface area contributed by atoms with Crippen LogP contribution >= 0.6 is 0 Å². The second-order valence-corrected chi connectivity index (χ2v) is 6.81. The largest absolute Gasteiger partial charge is 0.378 e. The molecule has 2 aromatic rings. The molecule has 0 aromatic carbocycles. The minimum atomic E-state index is 0.335. The Labute approximate surface area is 153 Å². The lowest BCUT2D eigenvalue weighted by atomic mass is 10.1. The van der Waals surface area contributed by atoms with Crippen molar-refractivity contribution < 1.29 is 4.74 Å². The highest BCUT2D eigenvalue weighted by molar-refractivity contribution is 5.51. The summed E-state index contributed by atoms with van der Waals surface area (Å²) >= 11 is 0. The number of piperidine rings is 1. The van der Waals surface area contributed by atoms with E-state index in [4.69, 9.17) is 4.74 Å². The number of aryl methyl sites for hydroxylation is 1. The molecule has 0 saturated carbocycles. The van der Waals surface area contributed by atoms with Crippen LogP contribution in [0.5, 0.6) is 0 Å². The minimum Gasteiger partial charge on any atom is -0.378 e. The van der Waals surface area contributed by atoms with E-state index < -0.39 is 0 Å². The molecular weight excluding hydrogens is 330 g/mol. The minimum absolute atomic E-state index is 0.335. The maximum absolute atomic E-state index is 5.43. The van der Waals surface area contributed by atoms with Crippen LogP contribution in [0.3, 0.4) is 0 Å². The van der Waals surface area contributed by atoms with E-state index in [1.165, 1.54) is 0 Å². The molecular formula is C18H25N7O. The monoisotopic (exact) mass is 355 g/mol. The number of aromatic nitrogens is 4. The fourth-order valence-corrected chi connectivity index (χ4v) is 3.52. The Morgan fingerprint density at radius 1 is 1.08 bits per heavy atom. The lowest BCUT2D eigenvalue weighted by Crippen LogP contribution is -2.43. The fraction of sp³-hybridized carbons (Fsp3) is 0.556. The van der Waals surface area contributed by atoms with Crippen LogP contribution in [0.1, 0.15) is 18.5 Å². The molecule has 4 rings (SSSR count). The van der Waals surface area contributed by atoms with Crippen molar-refractivity contribution in [3.05, 3.63) is 30.5 Å². The molecule has 2 fully saturated rings. The summed E-state index contributed by atoms with van der Waals surface area (Å²) < 4.78 is 5.43. The van der Waals surface area contributed by atoms with Crippen LogP contribution in [0.4, 0.5) is 17.5 Å². The third kappa shape index (κ3) is 4.01. The zero-order chi connectivity index (χ0) is 17.8. The van der Waals surface area contributed by atoms with E-state index in [1.54, 1.807) is 18.7 Å². The van der Waals surface area contributed by atoms with Crippen molar-refractivity contribution in [2.24, 2.45) is 0 Å². The van der Waals surface area contributed by atoms with E-state index in [-0.39, 0.29) is 0 Å². The number of nitrogens with one attached hydrogen (secondary N) is 1. The summed E-state index contributed by atoms with van der Waals surface area (Å²) in [5.74, 6) is 2.81. The second kappa shape index (κ2) is 7.82. The molecule has 138 valence electrons. The van der Waals surface area contributed by atoms with Gasteiger partial charge < -0.3 is 19.9 Å². The molecule has 0 amide bonds. The van der Waals surface area contributed by atoms with E-state index in [1.807, 2.05) is 6.92 Å². The van der Waals surface area contributed by atoms with Crippen molar-refractivity contribution in [2.45, 2.75) is 25.8 Å². The lowest BCUT2D eigenvalue weighted by Gasteiger charge is -2.35. The summed E-state index contributed by atoms with van der Waals surface area (Å²) in [6.07, 6.45) is 7.46. The molecule has 2 aliphatic heterocycles. The fourth-order valence-electron chi connectivity index (χ4n) is 3.52. The molecule has 8 nitrogen and oxygen atoms in total. The predicted octanol–water partition coefficient (Wildman–Crippen LogP) is 1.49. The van der Waals surface area contributed by atoms with Gasteiger partial charge >= 0.3 is 0 Å². The molecule has 2 aromatic heterocycles. The van der Waals surface area contributed by atoms with Crippen molar-refractivity contribution in [1.82, 2.24) is 19.9 Å². The topological polar surface area (TPSA) is 79.3 Å². The zero-order valence-electron chi connectivity index (χ0n) is 15.1. The van der Waals surface area contributed by atoms with Crippen molar-refractivity contribution in [3.8, 4) is 0 Å². The summed E-state index contributed by atoms with van der Waals surface area (Å²) in [6, 6.07) is 2.43. The standard InChI is InChI=1S/C18H25N7O/c1-14-10-19-11-16(22-14)23-15-3-2-4-25(12-15)18-9-17(20-13-21-18)24-5-7-26-8-6-24/h9-11,13,15H,2-8,12H2,1H3,(H,22,23). The van der Waals surface area contributed by atoms with Crippen molar-refractivity contribution in [2.75, 3.05) is 54.5 Å². The van der Waals surface area contributed by atoms with Crippen molar-refractivity contribution in [3.63, 3.8) is 0 Å². The maximum atomic E-state index is 5.43. The highest BCUT2D eigenvalue weighted by atomic mass is 16.5. The number of rotatable bonds is 4. The number of anilines is 3. The molecule has 0 radical (unpaired) electrons. The Balaban J connectivity index is 1.44. The summed E-state index contributed by atoms with van der Waals surface area (Å²) in [6.45, 7) is 7.14. The third-order valence-electron chi connectivity index (χ3n) is 4.83. The number of ether oxygens (including phenoxy) is 1. The first kappa shape index (κ1) is 17.0. The molecule has 2 saturated heterocycles. The summed E-state index contributed by atoms with van der Waals surface area (Å²) in [5.41, 5.74) is 0.925. The number of hydrogen-bond acceptors (Lipinski definition) is 8. The molecule has 2 aliphatic rings. The highest BCUT2D eigenvalue weighted by Gasteiger charge is 2.22. The summed E-state index contributed by atoms with van der Waals surface area (Å²) in [4.78, 5) is 22.3. The quantitative estimate of drug-likeness (QED) is 0.884. The SMILES string of the molecule is Cc1cncc(NC2CCCN(c3cc(N4CCOCC4)ncn3)C2)n1. The molecule has 0 spiro atoms. The van der Waals surface area contributed by atoms with Gasteiger partial charge in [0, 0.05) is 44.5 Å².